The molecule has 106 valence electrons. The second-order valence-corrected chi connectivity index (χ2v) is 7.04. The largest absolute Gasteiger partial charge is 0.306 e. The van der Waals surface area contributed by atoms with Crippen molar-refractivity contribution in [3.63, 3.8) is 0 Å². The monoisotopic (exact) mass is 351 g/mol. The fraction of sp³-hybridized carbons (Fsp3) is 0.467. The summed E-state index contributed by atoms with van der Waals surface area (Å²) < 4.78 is 3.45. The third kappa shape index (κ3) is 3.26. The highest BCUT2D eigenvalue weighted by Gasteiger charge is 2.30. The van der Waals surface area contributed by atoms with E-state index in [-0.39, 0.29) is 0 Å². The van der Waals surface area contributed by atoms with Crippen LogP contribution in [0, 0.1) is 0 Å². The number of halogens is 1. The van der Waals surface area contributed by atoms with E-state index in [0.717, 1.165) is 28.3 Å². The molecule has 1 saturated carbocycles. The van der Waals surface area contributed by atoms with E-state index in [9.17, 15) is 0 Å². The van der Waals surface area contributed by atoms with Gasteiger partial charge < -0.3 is 4.57 Å². The van der Waals surface area contributed by atoms with Crippen LogP contribution in [0.5, 0.6) is 0 Å². The molecule has 0 unspecified atom stereocenters. The van der Waals surface area contributed by atoms with E-state index in [1.807, 2.05) is 0 Å². The normalized spacial score (nSPS) is 14.7. The van der Waals surface area contributed by atoms with Crippen molar-refractivity contribution in [1.82, 2.24) is 14.8 Å². The Hall–Kier alpha value is -0.810. The summed E-state index contributed by atoms with van der Waals surface area (Å²) in [5, 5.41) is 9.87. The van der Waals surface area contributed by atoms with Gasteiger partial charge in [-0.05, 0) is 37.0 Å². The topological polar surface area (TPSA) is 30.7 Å². The van der Waals surface area contributed by atoms with Gasteiger partial charge in [-0.15, -0.1) is 10.2 Å². The Kier molecular flexibility index (Phi) is 4.46. The average molecular weight is 352 g/mol. The maximum Gasteiger partial charge on any atom is 0.191 e. The van der Waals surface area contributed by atoms with Crippen LogP contribution in [0.4, 0.5) is 0 Å². The first-order chi connectivity index (χ1) is 9.78. The summed E-state index contributed by atoms with van der Waals surface area (Å²) in [4.78, 5) is 0. The lowest BCUT2D eigenvalue weighted by Crippen LogP contribution is -2.03. The fourth-order valence-corrected chi connectivity index (χ4v) is 3.62. The molecule has 1 aromatic carbocycles. The van der Waals surface area contributed by atoms with E-state index in [2.05, 4.69) is 61.9 Å². The van der Waals surface area contributed by atoms with Gasteiger partial charge in [-0.3, -0.25) is 0 Å². The second-order valence-electron chi connectivity index (χ2n) is 5.19. The molecule has 0 aliphatic heterocycles. The van der Waals surface area contributed by atoms with Crippen LogP contribution in [0.1, 0.15) is 43.5 Å². The molecule has 0 bridgehead atoms. The molecule has 1 aliphatic rings. The number of aromatic nitrogens is 3. The SMILES string of the molecule is CCCn1c(SCc2cccc(Br)c2)nnc1C1CC1. The average Bonchev–Trinajstić information content (AvgIpc) is 3.20. The molecular formula is C15H18BrN3S. The molecular weight excluding hydrogens is 334 g/mol. The van der Waals surface area contributed by atoms with Gasteiger partial charge in [0.15, 0.2) is 5.16 Å². The Bertz CT molecular complexity index is 593. The Balaban J connectivity index is 1.73. The van der Waals surface area contributed by atoms with Crippen LogP contribution in [-0.2, 0) is 12.3 Å². The van der Waals surface area contributed by atoms with E-state index in [4.69, 9.17) is 0 Å². The van der Waals surface area contributed by atoms with E-state index in [1.165, 1.54) is 24.2 Å². The van der Waals surface area contributed by atoms with Gasteiger partial charge in [0, 0.05) is 22.7 Å². The number of nitrogens with zero attached hydrogens (tertiary/aromatic N) is 3. The van der Waals surface area contributed by atoms with Gasteiger partial charge in [0.2, 0.25) is 0 Å². The van der Waals surface area contributed by atoms with Crippen LogP contribution in [0.2, 0.25) is 0 Å². The number of rotatable bonds is 6. The highest BCUT2D eigenvalue weighted by Crippen LogP contribution is 2.40. The highest BCUT2D eigenvalue weighted by molar-refractivity contribution is 9.10. The molecule has 2 aromatic rings. The first kappa shape index (κ1) is 14.1. The molecule has 0 saturated heterocycles. The Labute approximate surface area is 132 Å². The molecule has 20 heavy (non-hydrogen) atoms. The summed E-state index contributed by atoms with van der Waals surface area (Å²) >= 11 is 5.30. The third-order valence-corrected chi connectivity index (χ3v) is 4.92. The van der Waals surface area contributed by atoms with Crippen LogP contribution in [0.15, 0.2) is 33.9 Å². The maximum absolute atomic E-state index is 4.41. The van der Waals surface area contributed by atoms with Crippen LogP contribution in [0.25, 0.3) is 0 Å². The molecule has 0 N–H and O–H groups in total. The molecule has 0 radical (unpaired) electrons. The standard InChI is InChI=1S/C15H18BrN3S/c1-2-8-19-14(12-6-7-12)17-18-15(19)20-10-11-4-3-5-13(16)9-11/h3-5,9,12H,2,6-8,10H2,1H3. The minimum Gasteiger partial charge on any atom is -0.306 e. The van der Waals surface area contributed by atoms with E-state index in [1.54, 1.807) is 11.8 Å². The van der Waals surface area contributed by atoms with Crippen molar-refractivity contribution in [1.29, 1.82) is 0 Å². The summed E-state index contributed by atoms with van der Waals surface area (Å²) in [6.07, 6.45) is 3.68. The number of benzene rings is 1. The van der Waals surface area contributed by atoms with Crippen molar-refractivity contribution in [2.75, 3.05) is 0 Å². The number of hydrogen-bond acceptors (Lipinski definition) is 3. The Morgan fingerprint density at radius 2 is 2.20 bits per heavy atom. The summed E-state index contributed by atoms with van der Waals surface area (Å²) in [6.45, 7) is 3.24. The zero-order valence-corrected chi connectivity index (χ0v) is 14.0. The molecule has 3 nitrogen and oxygen atoms in total. The van der Waals surface area contributed by atoms with E-state index in [0.29, 0.717) is 5.92 Å². The van der Waals surface area contributed by atoms with Crippen LogP contribution in [-0.4, -0.2) is 14.8 Å². The minimum atomic E-state index is 0.661. The Morgan fingerprint density at radius 3 is 2.90 bits per heavy atom. The second kappa shape index (κ2) is 6.31. The van der Waals surface area contributed by atoms with Crippen molar-refractivity contribution in [3.8, 4) is 0 Å². The first-order valence-corrected chi connectivity index (χ1v) is 8.86. The molecule has 0 spiro atoms. The quantitative estimate of drug-likeness (QED) is 0.711. The minimum absolute atomic E-state index is 0.661. The summed E-state index contributed by atoms with van der Waals surface area (Å²) in [5.74, 6) is 2.80. The van der Waals surface area contributed by atoms with Crippen molar-refractivity contribution in [3.05, 3.63) is 40.1 Å². The number of hydrogen-bond donors (Lipinski definition) is 0. The third-order valence-electron chi connectivity index (χ3n) is 3.39. The van der Waals surface area contributed by atoms with E-state index >= 15 is 0 Å². The predicted octanol–water partition coefficient (Wildman–Crippen LogP) is 4.62. The fourth-order valence-electron chi connectivity index (χ4n) is 2.26. The van der Waals surface area contributed by atoms with Crippen molar-refractivity contribution in [2.24, 2.45) is 0 Å². The van der Waals surface area contributed by atoms with Crippen LogP contribution in [0.3, 0.4) is 0 Å². The van der Waals surface area contributed by atoms with Gasteiger partial charge >= 0.3 is 0 Å². The van der Waals surface area contributed by atoms with Crippen LogP contribution < -0.4 is 0 Å². The lowest BCUT2D eigenvalue weighted by atomic mass is 10.2. The number of thioether (sulfide) groups is 1. The lowest BCUT2D eigenvalue weighted by Gasteiger charge is -2.08. The van der Waals surface area contributed by atoms with Crippen molar-refractivity contribution in [2.45, 2.75) is 49.6 Å². The van der Waals surface area contributed by atoms with Gasteiger partial charge in [0.1, 0.15) is 5.82 Å². The maximum atomic E-state index is 4.41. The summed E-state index contributed by atoms with van der Waals surface area (Å²) in [6, 6.07) is 8.45. The predicted molar refractivity (Wildman–Crippen MR) is 86.0 cm³/mol. The molecule has 1 aromatic heterocycles. The van der Waals surface area contributed by atoms with E-state index < -0.39 is 0 Å². The van der Waals surface area contributed by atoms with Crippen LogP contribution >= 0.6 is 27.7 Å². The van der Waals surface area contributed by atoms with Gasteiger partial charge in [0.05, 0.1) is 0 Å². The zero-order chi connectivity index (χ0) is 13.9. The smallest absolute Gasteiger partial charge is 0.191 e. The van der Waals surface area contributed by atoms with Gasteiger partial charge in [-0.1, -0.05) is 46.7 Å². The first-order valence-electron chi connectivity index (χ1n) is 7.08. The van der Waals surface area contributed by atoms with Gasteiger partial charge in [-0.25, -0.2) is 0 Å². The molecule has 1 heterocycles. The summed E-state index contributed by atoms with van der Waals surface area (Å²) in [7, 11) is 0. The molecule has 0 atom stereocenters. The highest BCUT2D eigenvalue weighted by atomic mass is 79.9. The molecule has 0 amide bonds. The van der Waals surface area contributed by atoms with Gasteiger partial charge in [-0.2, -0.15) is 0 Å². The molecule has 1 aliphatic carbocycles. The lowest BCUT2D eigenvalue weighted by molar-refractivity contribution is 0.592. The van der Waals surface area contributed by atoms with Crippen molar-refractivity contribution >= 4 is 27.7 Å². The Morgan fingerprint density at radius 1 is 1.35 bits per heavy atom. The van der Waals surface area contributed by atoms with Gasteiger partial charge in [0.25, 0.3) is 0 Å². The molecule has 1 fully saturated rings. The summed E-state index contributed by atoms with van der Waals surface area (Å²) in [5.41, 5.74) is 1.31. The van der Waals surface area contributed by atoms with Crippen molar-refractivity contribution < 1.29 is 0 Å². The zero-order valence-electron chi connectivity index (χ0n) is 11.6. The molecule has 3 rings (SSSR count). The molecule has 5 heteroatoms.